The Kier molecular flexibility index (Phi) is 3.08. The molecular formula is C10H10FN5O. The highest BCUT2D eigenvalue weighted by atomic mass is 19.1. The number of anilines is 1. The Bertz CT molecular complexity index is 513. The van der Waals surface area contributed by atoms with Gasteiger partial charge in [-0.25, -0.2) is 4.39 Å². The number of carbonyl (C=O) groups excluding carboxylic acids is 1. The van der Waals surface area contributed by atoms with Crippen LogP contribution in [-0.4, -0.2) is 33.1 Å². The minimum absolute atomic E-state index is 0.0879. The number of nitrogens with one attached hydrogen (secondary N) is 1. The van der Waals surface area contributed by atoms with Crippen LogP contribution in [0, 0.1) is 5.82 Å². The lowest BCUT2D eigenvalue weighted by Gasteiger charge is -2.19. The Hall–Kier alpha value is -2.31. The molecule has 0 radical (unpaired) electrons. The number of para-hydroxylation sites is 1. The molecule has 17 heavy (non-hydrogen) atoms. The molecular weight excluding hydrogens is 225 g/mol. The molecule has 0 unspecified atom stereocenters. The fraction of sp³-hybridized carbons (Fsp3) is 0.200. The summed E-state index contributed by atoms with van der Waals surface area (Å²) in [4.78, 5) is 13.2. The van der Waals surface area contributed by atoms with Crippen LogP contribution in [-0.2, 0) is 0 Å². The highest BCUT2D eigenvalue weighted by Crippen LogP contribution is 2.19. The average Bonchev–Trinajstić information content (AvgIpc) is 2.86. The third-order valence-electron chi connectivity index (χ3n) is 2.24. The van der Waals surface area contributed by atoms with Gasteiger partial charge in [0.1, 0.15) is 5.82 Å². The standard InChI is InChI=1S/C10H10FN5O/c1-2-16(8-6-4-3-5-7(8)11)10(17)9-12-14-15-13-9/h3-6H,2H2,1H3,(H,12,13,14,15). The molecule has 1 aromatic heterocycles. The van der Waals surface area contributed by atoms with E-state index in [9.17, 15) is 9.18 Å². The van der Waals surface area contributed by atoms with Gasteiger partial charge in [0.2, 0.25) is 0 Å². The van der Waals surface area contributed by atoms with Crippen LogP contribution in [0.2, 0.25) is 0 Å². The molecule has 0 spiro atoms. The van der Waals surface area contributed by atoms with Gasteiger partial charge in [0.05, 0.1) is 5.69 Å². The summed E-state index contributed by atoms with van der Waals surface area (Å²) in [6, 6.07) is 6.04. The van der Waals surface area contributed by atoms with Crippen molar-refractivity contribution in [3.05, 3.63) is 35.9 Å². The van der Waals surface area contributed by atoms with Crippen LogP contribution in [0.1, 0.15) is 17.5 Å². The van der Waals surface area contributed by atoms with Gasteiger partial charge in [-0.1, -0.05) is 12.1 Å². The summed E-state index contributed by atoms with van der Waals surface area (Å²) in [6.45, 7) is 2.05. The number of aromatic nitrogens is 4. The topological polar surface area (TPSA) is 74.8 Å². The maximum atomic E-state index is 13.6. The maximum Gasteiger partial charge on any atom is 0.299 e. The molecule has 0 fully saturated rings. The smallest absolute Gasteiger partial charge is 0.299 e. The molecule has 1 heterocycles. The molecule has 0 saturated carbocycles. The van der Waals surface area contributed by atoms with Crippen LogP contribution in [0.3, 0.4) is 0 Å². The lowest BCUT2D eigenvalue weighted by Crippen LogP contribution is -2.32. The van der Waals surface area contributed by atoms with Gasteiger partial charge < -0.3 is 4.90 Å². The number of aromatic amines is 1. The third-order valence-corrected chi connectivity index (χ3v) is 2.24. The number of hydrogen-bond acceptors (Lipinski definition) is 4. The van der Waals surface area contributed by atoms with Crippen molar-refractivity contribution in [1.82, 2.24) is 20.6 Å². The van der Waals surface area contributed by atoms with Crippen LogP contribution < -0.4 is 4.90 Å². The Labute approximate surface area is 96.4 Å². The summed E-state index contributed by atoms with van der Waals surface area (Å²) in [5, 5.41) is 12.6. The number of rotatable bonds is 3. The number of carbonyl (C=O) groups is 1. The van der Waals surface area contributed by atoms with Crippen molar-refractivity contribution >= 4 is 11.6 Å². The number of H-pyrrole nitrogens is 1. The average molecular weight is 235 g/mol. The summed E-state index contributed by atoms with van der Waals surface area (Å²) >= 11 is 0. The molecule has 1 aromatic carbocycles. The van der Waals surface area contributed by atoms with E-state index in [4.69, 9.17) is 0 Å². The number of nitrogens with zero attached hydrogens (tertiary/aromatic N) is 4. The van der Waals surface area contributed by atoms with Gasteiger partial charge in [-0.2, -0.15) is 5.21 Å². The molecule has 1 amide bonds. The van der Waals surface area contributed by atoms with E-state index in [1.807, 2.05) is 0 Å². The summed E-state index contributed by atoms with van der Waals surface area (Å²) in [5.41, 5.74) is 0.199. The van der Waals surface area contributed by atoms with Crippen LogP contribution in [0.25, 0.3) is 0 Å². The fourth-order valence-corrected chi connectivity index (χ4v) is 1.47. The second-order valence-corrected chi connectivity index (χ2v) is 3.24. The van der Waals surface area contributed by atoms with E-state index >= 15 is 0 Å². The zero-order valence-corrected chi connectivity index (χ0v) is 9.09. The summed E-state index contributed by atoms with van der Waals surface area (Å²) in [6.07, 6.45) is 0. The number of amides is 1. The second kappa shape index (κ2) is 4.69. The largest absolute Gasteiger partial charge is 0.303 e. The molecule has 1 N–H and O–H groups in total. The van der Waals surface area contributed by atoms with E-state index < -0.39 is 11.7 Å². The SMILES string of the molecule is CCN(C(=O)c1nn[nH]n1)c1ccccc1F. The Morgan fingerprint density at radius 3 is 2.82 bits per heavy atom. The molecule has 0 atom stereocenters. The van der Waals surface area contributed by atoms with Gasteiger partial charge in [-0.3, -0.25) is 4.79 Å². The van der Waals surface area contributed by atoms with E-state index in [2.05, 4.69) is 20.6 Å². The highest BCUT2D eigenvalue weighted by Gasteiger charge is 2.21. The molecule has 88 valence electrons. The quantitative estimate of drug-likeness (QED) is 0.861. The Morgan fingerprint density at radius 1 is 1.47 bits per heavy atom. The minimum Gasteiger partial charge on any atom is -0.303 e. The van der Waals surface area contributed by atoms with Gasteiger partial charge in [0.15, 0.2) is 0 Å². The fourth-order valence-electron chi connectivity index (χ4n) is 1.47. The van der Waals surface area contributed by atoms with E-state index in [0.717, 1.165) is 0 Å². The van der Waals surface area contributed by atoms with Crippen molar-refractivity contribution < 1.29 is 9.18 Å². The molecule has 0 aliphatic rings. The van der Waals surface area contributed by atoms with Gasteiger partial charge in [-0.15, -0.1) is 10.2 Å². The van der Waals surface area contributed by atoms with Crippen LogP contribution in [0.15, 0.2) is 24.3 Å². The van der Waals surface area contributed by atoms with Crippen molar-refractivity contribution in [1.29, 1.82) is 0 Å². The zero-order chi connectivity index (χ0) is 12.3. The summed E-state index contributed by atoms with van der Waals surface area (Å²) in [7, 11) is 0. The molecule has 0 saturated heterocycles. The molecule has 2 aromatic rings. The van der Waals surface area contributed by atoms with Crippen molar-refractivity contribution in [3.8, 4) is 0 Å². The minimum atomic E-state index is -0.494. The molecule has 2 rings (SSSR count). The summed E-state index contributed by atoms with van der Waals surface area (Å²) < 4.78 is 13.6. The van der Waals surface area contributed by atoms with Gasteiger partial charge in [0, 0.05) is 6.54 Å². The first-order valence-electron chi connectivity index (χ1n) is 5.04. The predicted octanol–water partition coefficient (Wildman–Crippen LogP) is 1.01. The van der Waals surface area contributed by atoms with Gasteiger partial charge in [-0.05, 0) is 24.3 Å². The number of hydrogen-bond donors (Lipinski definition) is 1. The molecule has 0 aliphatic heterocycles. The van der Waals surface area contributed by atoms with E-state index in [1.54, 1.807) is 19.1 Å². The van der Waals surface area contributed by atoms with Crippen LogP contribution >= 0.6 is 0 Å². The number of benzene rings is 1. The normalized spacial score (nSPS) is 10.2. The molecule has 0 bridgehead atoms. The van der Waals surface area contributed by atoms with Gasteiger partial charge >= 0.3 is 0 Å². The third kappa shape index (κ3) is 2.12. The van der Waals surface area contributed by atoms with Crippen molar-refractivity contribution in [2.45, 2.75) is 6.92 Å². The van der Waals surface area contributed by atoms with E-state index in [0.29, 0.717) is 6.54 Å². The zero-order valence-electron chi connectivity index (χ0n) is 9.09. The van der Waals surface area contributed by atoms with E-state index in [1.165, 1.54) is 17.0 Å². The molecule has 7 heteroatoms. The number of halogens is 1. The van der Waals surface area contributed by atoms with Gasteiger partial charge in [0.25, 0.3) is 11.7 Å². The Morgan fingerprint density at radius 2 is 2.24 bits per heavy atom. The summed E-state index contributed by atoms with van der Waals surface area (Å²) in [5.74, 6) is -1.05. The predicted molar refractivity (Wildman–Crippen MR) is 57.9 cm³/mol. The molecule has 0 aliphatic carbocycles. The first-order chi connectivity index (χ1) is 8.24. The Balaban J connectivity index is 2.35. The van der Waals surface area contributed by atoms with Crippen LogP contribution in [0.4, 0.5) is 10.1 Å². The molecule has 6 nitrogen and oxygen atoms in total. The lowest BCUT2D eigenvalue weighted by atomic mass is 10.2. The lowest BCUT2D eigenvalue weighted by molar-refractivity contribution is 0.0977. The van der Waals surface area contributed by atoms with Crippen molar-refractivity contribution in [2.75, 3.05) is 11.4 Å². The first kappa shape index (κ1) is 11.2. The van der Waals surface area contributed by atoms with Crippen molar-refractivity contribution in [2.24, 2.45) is 0 Å². The maximum absolute atomic E-state index is 13.6. The monoisotopic (exact) mass is 235 g/mol. The van der Waals surface area contributed by atoms with Crippen LogP contribution in [0.5, 0.6) is 0 Å². The highest BCUT2D eigenvalue weighted by molar-refractivity contribution is 6.03. The number of tetrazole rings is 1. The first-order valence-corrected chi connectivity index (χ1v) is 5.04. The second-order valence-electron chi connectivity index (χ2n) is 3.24. The van der Waals surface area contributed by atoms with Crippen molar-refractivity contribution in [3.63, 3.8) is 0 Å². The van der Waals surface area contributed by atoms with E-state index in [-0.39, 0.29) is 11.5 Å².